The zero-order valence-electron chi connectivity index (χ0n) is 12.5. The second-order valence-electron chi connectivity index (χ2n) is 4.77. The van der Waals surface area contributed by atoms with Gasteiger partial charge in [-0.1, -0.05) is 12.1 Å². The molecule has 0 saturated heterocycles. The maximum absolute atomic E-state index is 5.93. The third-order valence-corrected chi connectivity index (χ3v) is 3.23. The highest BCUT2D eigenvalue weighted by atomic mass is 35.5. The smallest absolute Gasteiger partial charge is 0.0367 e. The van der Waals surface area contributed by atoms with Crippen molar-refractivity contribution in [3.8, 4) is 0 Å². The van der Waals surface area contributed by atoms with Gasteiger partial charge in [-0.05, 0) is 54.7 Å². The fourth-order valence-electron chi connectivity index (χ4n) is 2.15. The Bertz CT molecular complexity index is 542. The van der Waals surface area contributed by atoms with Gasteiger partial charge in [0, 0.05) is 22.7 Å². The minimum atomic E-state index is 0. The third kappa shape index (κ3) is 7.75. The number of halogens is 4. The van der Waals surface area contributed by atoms with Crippen molar-refractivity contribution in [1.29, 1.82) is 0 Å². The van der Waals surface area contributed by atoms with Crippen molar-refractivity contribution in [2.45, 2.75) is 19.3 Å². The molecular formula is C15H24Cl4N4. The Hall–Kier alpha value is -1.20. The molecule has 132 valence electrons. The van der Waals surface area contributed by atoms with Crippen LogP contribution >= 0.6 is 49.6 Å². The normalized spacial score (nSPS) is 8.70. The van der Waals surface area contributed by atoms with Gasteiger partial charge in [0.25, 0.3) is 0 Å². The second kappa shape index (κ2) is 12.3. The van der Waals surface area contributed by atoms with Crippen molar-refractivity contribution in [2.75, 3.05) is 22.9 Å². The van der Waals surface area contributed by atoms with Gasteiger partial charge in [-0.25, -0.2) is 0 Å². The zero-order chi connectivity index (χ0) is 13.8. The van der Waals surface area contributed by atoms with E-state index in [2.05, 4.69) is 0 Å². The number of hydrogen-bond acceptors (Lipinski definition) is 4. The summed E-state index contributed by atoms with van der Waals surface area (Å²) in [5, 5.41) is 0. The molecule has 0 heterocycles. The van der Waals surface area contributed by atoms with Crippen LogP contribution in [0.15, 0.2) is 36.4 Å². The largest absolute Gasteiger partial charge is 0.399 e. The molecule has 0 aliphatic rings. The molecule has 0 fully saturated rings. The molecule has 4 nitrogen and oxygen atoms in total. The minimum absolute atomic E-state index is 0. The Morgan fingerprint density at radius 2 is 0.913 bits per heavy atom. The summed E-state index contributed by atoms with van der Waals surface area (Å²) in [6.07, 6.45) is 2.81. The number of hydrogen-bond donors (Lipinski definition) is 4. The van der Waals surface area contributed by atoms with E-state index in [-0.39, 0.29) is 49.6 Å². The average Bonchev–Trinajstić information content (AvgIpc) is 2.34. The molecule has 0 aromatic heterocycles. The van der Waals surface area contributed by atoms with Crippen LogP contribution < -0.4 is 22.9 Å². The van der Waals surface area contributed by atoms with Gasteiger partial charge in [-0.3, -0.25) is 0 Å². The summed E-state index contributed by atoms with van der Waals surface area (Å²) in [5.41, 5.74) is 28.4. The second-order valence-corrected chi connectivity index (χ2v) is 4.77. The summed E-state index contributed by atoms with van der Waals surface area (Å²) in [6, 6.07) is 11.3. The molecule has 0 atom stereocenters. The summed E-state index contributed by atoms with van der Waals surface area (Å²) < 4.78 is 0. The molecule has 2 aromatic rings. The van der Waals surface area contributed by atoms with Crippen LogP contribution in [0.4, 0.5) is 22.7 Å². The Balaban J connectivity index is -0.000001000. The van der Waals surface area contributed by atoms with Gasteiger partial charge < -0.3 is 22.9 Å². The molecule has 0 spiro atoms. The highest BCUT2D eigenvalue weighted by Gasteiger charge is 2.03. The summed E-state index contributed by atoms with van der Waals surface area (Å²) in [6.45, 7) is 0. The van der Waals surface area contributed by atoms with Crippen LogP contribution in [-0.2, 0) is 12.8 Å². The van der Waals surface area contributed by atoms with Crippen molar-refractivity contribution in [3.05, 3.63) is 47.5 Å². The molecule has 0 saturated carbocycles. The fourth-order valence-corrected chi connectivity index (χ4v) is 2.15. The molecular weight excluding hydrogens is 378 g/mol. The van der Waals surface area contributed by atoms with Crippen LogP contribution in [0.3, 0.4) is 0 Å². The predicted molar refractivity (Wildman–Crippen MR) is 112 cm³/mol. The highest BCUT2D eigenvalue weighted by molar-refractivity contribution is 5.86. The first-order chi connectivity index (χ1) is 9.06. The van der Waals surface area contributed by atoms with Gasteiger partial charge in [0.05, 0.1) is 0 Å². The highest BCUT2D eigenvalue weighted by Crippen LogP contribution is 2.21. The van der Waals surface area contributed by atoms with Crippen LogP contribution in [0, 0.1) is 0 Å². The SMILES string of the molecule is Cl.Cl.Cl.Cl.Nc1ccc(CCCc2ccc(N)cc2N)c(N)c1. The van der Waals surface area contributed by atoms with E-state index in [1.165, 1.54) is 0 Å². The quantitative estimate of drug-likeness (QED) is 0.583. The molecule has 2 rings (SSSR count). The first-order valence-corrected chi connectivity index (χ1v) is 6.34. The lowest BCUT2D eigenvalue weighted by Gasteiger charge is -2.08. The molecule has 0 bridgehead atoms. The lowest BCUT2D eigenvalue weighted by atomic mass is 10.0. The monoisotopic (exact) mass is 400 g/mol. The van der Waals surface area contributed by atoms with Gasteiger partial charge in [0.2, 0.25) is 0 Å². The van der Waals surface area contributed by atoms with E-state index in [4.69, 9.17) is 22.9 Å². The first-order valence-electron chi connectivity index (χ1n) is 6.34. The summed E-state index contributed by atoms with van der Waals surface area (Å²) in [7, 11) is 0. The van der Waals surface area contributed by atoms with Gasteiger partial charge in [0.15, 0.2) is 0 Å². The van der Waals surface area contributed by atoms with Gasteiger partial charge in [-0.15, -0.1) is 49.6 Å². The van der Waals surface area contributed by atoms with Crippen molar-refractivity contribution < 1.29 is 0 Å². The van der Waals surface area contributed by atoms with Crippen LogP contribution in [0.5, 0.6) is 0 Å². The molecule has 8 heteroatoms. The maximum atomic E-state index is 5.93. The summed E-state index contributed by atoms with van der Waals surface area (Å²) in [5.74, 6) is 0. The number of rotatable bonds is 4. The third-order valence-electron chi connectivity index (χ3n) is 3.23. The van der Waals surface area contributed by atoms with Gasteiger partial charge in [0.1, 0.15) is 0 Å². The lowest BCUT2D eigenvalue weighted by molar-refractivity contribution is 0.824. The van der Waals surface area contributed by atoms with Crippen molar-refractivity contribution in [2.24, 2.45) is 0 Å². The van der Waals surface area contributed by atoms with Crippen molar-refractivity contribution in [1.82, 2.24) is 0 Å². The first kappa shape index (κ1) is 26.7. The molecule has 0 aliphatic heterocycles. The van der Waals surface area contributed by atoms with Gasteiger partial charge >= 0.3 is 0 Å². The van der Waals surface area contributed by atoms with Crippen LogP contribution in [0.25, 0.3) is 0 Å². The van der Waals surface area contributed by atoms with E-state index < -0.39 is 0 Å². The van der Waals surface area contributed by atoms with E-state index >= 15 is 0 Å². The minimum Gasteiger partial charge on any atom is -0.399 e. The molecule has 2 aromatic carbocycles. The van der Waals surface area contributed by atoms with Crippen LogP contribution in [0.1, 0.15) is 17.5 Å². The predicted octanol–water partition coefficient (Wildman–Crippen LogP) is 3.88. The Morgan fingerprint density at radius 1 is 0.565 bits per heavy atom. The van der Waals surface area contributed by atoms with E-state index in [1.807, 2.05) is 24.3 Å². The lowest BCUT2D eigenvalue weighted by Crippen LogP contribution is -2.00. The van der Waals surface area contributed by atoms with Crippen molar-refractivity contribution >= 4 is 72.4 Å². The van der Waals surface area contributed by atoms with E-state index in [1.54, 1.807) is 12.1 Å². The fraction of sp³-hybridized carbons (Fsp3) is 0.200. The van der Waals surface area contributed by atoms with E-state index in [0.29, 0.717) is 11.4 Å². The maximum Gasteiger partial charge on any atom is 0.0367 e. The number of aryl methyl sites for hydroxylation is 2. The van der Waals surface area contributed by atoms with Crippen LogP contribution in [-0.4, -0.2) is 0 Å². The van der Waals surface area contributed by atoms with Crippen molar-refractivity contribution in [3.63, 3.8) is 0 Å². The van der Waals surface area contributed by atoms with E-state index in [9.17, 15) is 0 Å². The zero-order valence-corrected chi connectivity index (χ0v) is 15.8. The number of nitrogen functional groups attached to an aromatic ring is 4. The van der Waals surface area contributed by atoms with E-state index in [0.717, 1.165) is 41.8 Å². The molecule has 0 amide bonds. The molecule has 0 radical (unpaired) electrons. The number of anilines is 4. The Kier molecular flexibility index (Phi) is 14.2. The summed E-state index contributed by atoms with van der Waals surface area (Å²) >= 11 is 0. The van der Waals surface area contributed by atoms with Gasteiger partial charge in [-0.2, -0.15) is 0 Å². The standard InChI is InChI=1S/C15H20N4.4ClH/c16-12-6-4-10(14(18)8-12)2-1-3-11-5-7-13(17)9-15(11)19;;;;/h4-9H,1-3,16-19H2;4*1H. The topological polar surface area (TPSA) is 104 Å². The molecule has 8 N–H and O–H groups in total. The summed E-state index contributed by atoms with van der Waals surface area (Å²) in [4.78, 5) is 0. The average molecular weight is 402 g/mol. The Morgan fingerprint density at radius 3 is 1.22 bits per heavy atom. The van der Waals surface area contributed by atoms with Crippen LogP contribution in [0.2, 0.25) is 0 Å². The Labute approximate surface area is 162 Å². The number of benzene rings is 2. The molecule has 23 heavy (non-hydrogen) atoms. The molecule has 0 aliphatic carbocycles. The number of nitrogens with two attached hydrogens (primary N) is 4. The molecule has 0 unspecified atom stereocenters.